The number of benzene rings is 1. The predicted octanol–water partition coefficient (Wildman–Crippen LogP) is 3.67. The molecule has 30 heavy (non-hydrogen) atoms. The molecule has 0 bridgehead atoms. The lowest BCUT2D eigenvalue weighted by Gasteiger charge is -2.28. The SMILES string of the molecule is Cc1ncsc1-c1ccc(C(C)NC(=O)[C@@H]2C[C@@H](O)CN2C(=O)OC(C)(C)C)cc1. The van der Waals surface area contributed by atoms with Gasteiger partial charge in [-0.25, -0.2) is 9.78 Å². The molecule has 3 atom stereocenters. The number of likely N-dealkylation sites (tertiary alicyclic amines) is 1. The minimum Gasteiger partial charge on any atom is -0.444 e. The number of aliphatic hydroxyl groups is 1. The highest BCUT2D eigenvalue weighted by atomic mass is 32.1. The van der Waals surface area contributed by atoms with E-state index in [1.165, 1.54) is 4.90 Å². The standard InChI is InChI=1S/C22H29N3O4S/c1-13(15-6-8-16(9-7-15)19-14(2)23-12-30-19)24-20(27)18-10-17(26)11-25(18)21(28)29-22(3,4)5/h6-9,12-13,17-18,26H,10-11H2,1-5H3,(H,24,27)/t13?,17-,18+/m1/s1. The summed E-state index contributed by atoms with van der Waals surface area (Å²) >= 11 is 1.60. The number of carbonyl (C=O) groups excluding carboxylic acids is 2. The molecule has 162 valence electrons. The van der Waals surface area contributed by atoms with Crippen LogP contribution < -0.4 is 5.32 Å². The normalized spacial score (nSPS) is 20.1. The van der Waals surface area contributed by atoms with Crippen LogP contribution in [0.2, 0.25) is 0 Å². The van der Waals surface area contributed by atoms with Gasteiger partial charge < -0.3 is 15.2 Å². The summed E-state index contributed by atoms with van der Waals surface area (Å²) in [6, 6.07) is 7.00. The second kappa shape index (κ2) is 8.73. The molecule has 0 radical (unpaired) electrons. The molecule has 1 aliphatic heterocycles. The molecular weight excluding hydrogens is 402 g/mol. The zero-order valence-corrected chi connectivity index (χ0v) is 18.8. The quantitative estimate of drug-likeness (QED) is 0.771. The third-order valence-electron chi connectivity index (χ3n) is 4.99. The monoisotopic (exact) mass is 431 g/mol. The summed E-state index contributed by atoms with van der Waals surface area (Å²) in [6.45, 7) is 9.28. The van der Waals surface area contributed by atoms with Gasteiger partial charge in [-0.05, 0) is 45.7 Å². The first kappa shape index (κ1) is 22.2. The second-order valence-corrected chi connectivity index (χ2v) is 9.51. The summed E-state index contributed by atoms with van der Waals surface area (Å²) in [5.41, 5.74) is 4.20. The van der Waals surface area contributed by atoms with Crippen molar-refractivity contribution in [1.82, 2.24) is 15.2 Å². The highest BCUT2D eigenvalue weighted by Gasteiger charge is 2.41. The first-order chi connectivity index (χ1) is 14.0. The fraction of sp³-hybridized carbons (Fsp3) is 0.500. The predicted molar refractivity (Wildman–Crippen MR) is 116 cm³/mol. The van der Waals surface area contributed by atoms with Gasteiger partial charge in [0.15, 0.2) is 0 Å². The summed E-state index contributed by atoms with van der Waals surface area (Å²) in [7, 11) is 0. The molecule has 1 unspecified atom stereocenters. The molecule has 1 aromatic heterocycles. The van der Waals surface area contributed by atoms with E-state index < -0.39 is 23.8 Å². The average Bonchev–Trinajstić information content (AvgIpc) is 3.26. The molecule has 0 aliphatic carbocycles. The average molecular weight is 432 g/mol. The van der Waals surface area contributed by atoms with E-state index in [2.05, 4.69) is 10.3 Å². The molecule has 0 saturated carbocycles. The zero-order valence-electron chi connectivity index (χ0n) is 18.0. The smallest absolute Gasteiger partial charge is 0.411 e. The molecule has 2 heterocycles. The van der Waals surface area contributed by atoms with Crippen LogP contribution in [-0.2, 0) is 9.53 Å². The number of ether oxygens (including phenoxy) is 1. The summed E-state index contributed by atoms with van der Waals surface area (Å²) in [5.74, 6) is -0.299. The van der Waals surface area contributed by atoms with Crippen molar-refractivity contribution in [3.8, 4) is 10.4 Å². The van der Waals surface area contributed by atoms with Gasteiger partial charge in [0.05, 0.1) is 34.8 Å². The number of nitrogens with one attached hydrogen (secondary N) is 1. The maximum atomic E-state index is 12.9. The van der Waals surface area contributed by atoms with E-state index in [0.29, 0.717) is 0 Å². The van der Waals surface area contributed by atoms with Gasteiger partial charge in [0.1, 0.15) is 11.6 Å². The lowest BCUT2D eigenvalue weighted by atomic mass is 10.0. The van der Waals surface area contributed by atoms with Crippen molar-refractivity contribution in [2.24, 2.45) is 0 Å². The fourth-order valence-electron chi connectivity index (χ4n) is 3.48. The number of amides is 2. The van der Waals surface area contributed by atoms with Crippen molar-refractivity contribution in [2.75, 3.05) is 6.54 Å². The number of thiazole rings is 1. The van der Waals surface area contributed by atoms with E-state index in [-0.39, 0.29) is 24.9 Å². The van der Waals surface area contributed by atoms with E-state index in [4.69, 9.17) is 4.74 Å². The van der Waals surface area contributed by atoms with Gasteiger partial charge in [-0.3, -0.25) is 9.69 Å². The van der Waals surface area contributed by atoms with Crippen LogP contribution in [0.1, 0.15) is 51.4 Å². The van der Waals surface area contributed by atoms with Gasteiger partial charge in [-0.15, -0.1) is 11.3 Å². The van der Waals surface area contributed by atoms with Gasteiger partial charge in [0.2, 0.25) is 5.91 Å². The highest BCUT2D eigenvalue weighted by molar-refractivity contribution is 7.13. The number of nitrogens with zero attached hydrogens (tertiary/aromatic N) is 2. The Morgan fingerprint density at radius 3 is 2.53 bits per heavy atom. The molecule has 1 aliphatic rings. The van der Waals surface area contributed by atoms with E-state index >= 15 is 0 Å². The van der Waals surface area contributed by atoms with Crippen LogP contribution >= 0.6 is 11.3 Å². The van der Waals surface area contributed by atoms with Crippen molar-refractivity contribution in [2.45, 2.75) is 64.8 Å². The fourth-order valence-corrected chi connectivity index (χ4v) is 4.29. The van der Waals surface area contributed by atoms with Crippen LogP contribution in [0.5, 0.6) is 0 Å². The van der Waals surface area contributed by atoms with Crippen LogP contribution in [0.3, 0.4) is 0 Å². The minimum absolute atomic E-state index is 0.0876. The number of carbonyl (C=O) groups is 2. The van der Waals surface area contributed by atoms with Gasteiger partial charge in [0.25, 0.3) is 0 Å². The lowest BCUT2D eigenvalue weighted by Crippen LogP contribution is -2.48. The highest BCUT2D eigenvalue weighted by Crippen LogP contribution is 2.28. The maximum absolute atomic E-state index is 12.9. The number of hydrogen-bond donors (Lipinski definition) is 2. The molecule has 3 rings (SSSR count). The molecule has 2 aromatic rings. The molecule has 1 saturated heterocycles. The van der Waals surface area contributed by atoms with Gasteiger partial charge in [-0.1, -0.05) is 24.3 Å². The van der Waals surface area contributed by atoms with Crippen molar-refractivity contribution >= 4 is 23.3 Å². The molecule has 2 N–H and O–H groups in total. The lowest BCUT2D eigenvalue weighted by molar-refractivity contribution is -0.126. The van der Waals surface area contributed by atoms with E-state index in [1.807, 2.05) is 43.6 Å². The van der Waals surface area contributed by atoms with Crippen LogP contribution in [0, 0.1) is 6.92 Å². The van der Waals surface area contributed by atoms with Gasteiger partial charge in [-0.2, -0.15) is 0 Å². The van der Waals surface area contributed by atoms with Crippen molar-refractivity contribution in [3.63, 3.8) is 0 Å². The number of aryl methyl sites for hydroxylation is 1. The van der Waals surface area contributed by atoms with E-state index in [0.717, 1.165) is 21.7 Å². The summed E-state index contributed by atoms with van der Waals surface area (Å²) in [6.07, 6.45) is -1.14. The number of hydrogen-bond acceptors (Lipinski definition) is 6. The first-order valence-corrected chi connectivity index (χ1v) is 10.9. The largest absolute Gasteiger partial charge is 0.444 e. The Balaban J connectivity index is 1.66. The number of aliphatic hydroxyl groups excluding tert-OH is 1. The Hall–Kier alpha value is -2.45. The minimum atomic E-state index is -0.753. The van der Waals surface area contributed by atoms with Gasteiger partial charge in [0, 0.05) is 6.42 Å². The molecule has 2 amide bonds. The van der Waals surface area contributed by atoms with E-state index in [9.17, 15) is 14.7 Å². The topological polar surface area (TPSA) is 91.8 Å². The van der Waals surface area contributed by atoms with Crippen LogP contribution in [0.25, 0.3) is 10.4 Å². The van der Waals surface area contributed by atoms with Crippen LogP contribution in [0.4, 0.5) is 4.79 Å². The third-order valence-corrected chi connectivity index (χ3v) is 5.96. The molecule has 1 fully saturated rings. The van der Waals surface area contributed by atoms with Crippen molar-refractivity contribution in [1.29, 1.82) is 0 Å². The Morgan fingerprint density at radius 2 is 1.97 bits per heavy atom. The van der Waals surface area contributed by atoms with E-state index in [1.54, 1.807) is 32.1 Å². The Kier molecular flexibility index (Phi) is 6.47. The summed E-state index contributed by atoms with van der Waals surface area (Å²) < 4.78 is 5.39. The Morgan fingerprint density at radius 1 is 1.30 bits per heavy atom. The third kappa shape index (κ3) is 5.17. The van der Waals surface area contributed by atoms with Crippen LogP contribution in [-0.4, -0.2) is 51.3 Å². The molecule has 0 spiro atoms. The number of rotatable bonds is 4. The molecular formula is C22H29N3O4S. The summed E-state index contributed by atoms with van der Waals surface area (Å²) in [4.78, 5) is 32.1. The molecule has 1 aromatic carbocycles. The second-order valence-electron chi connectivity index (χ2n) is 8.66. The molecule has 8 heteroatoms. The zero-order chi connectivity index (χ0) is 22.1. The first-order valence-electron chi connectivity index (χ1n) is 10.0. The van der Waals surface area contributed by atoms with Crippen LogP contribution in [0.15, 0.2) is 29.8 Å². The Bertz CT molecular complexity index is 904. The number of aromatic nitrogens is 1. The number of β-amino-alcohol motifs (C(OH)–C–C–N with tert-alkyl or cyclic N) is 1. The van der Waals surface area contributed by atoms with Crippen molar-refractivity contribution in [3.05, 3.63) is 41.0 Å². The van der Waals surface area contributed by atoms with Crippen molar-refractivity contribution < 1.29 is 19.4 Å². The van der Waals surface area contributed by atoms with Gasteiger partial charge >= 0.3 is 6.09 Å². The summed E-state index contributed by atoms with van der Waals surface area (Å²) in [5, 5.41) is 13.0. The Labute approximate surface area is 181 Å². The maximum Gasteiger partial charge on any atom is 0.411 e. The molecule has 7 nitrogen and oxygen atoms in total.